The molecule has 0 spiro atoms. The number of benzene rings is 1. The Balaban J connectivity index is 2.99. The van der Waals surface area contributed by atoms with Crippen molar-refractivity contribution in [2.75, 3.05) is 0 Å². The van der Waals surface area contributed by atoms with Crippen molar-refractivity contribution in [3.8, 4) is 0 Å². The van der Waals surface area contributed by atoms with Crippen molar-refractivity contribution in [2.24, 2.45) is 0 Å². The van der Waals surface area contributed by atoms with E-state index in [1.807, 2.05) is 0 Å². The summed E-state index contributed by atoms with van der Waals surface area (Å²) in [6.45, 7) is 1.51. The van der Waals surface area contributed by atoms with Gasteiger partial charge in [-0.25, -0.2) is 0 Å². The zero-order valence-corrected chi connectivity index (χ0v) is 8.76. The van der Waals surface area contributed by atoms with Crippen LogP contribution in [0.2, 0.25) is 5.02 Å². The largest absolute Gasteiger partial charge is 0.321 e. The standard InChI is InChI=1S/C11H9ClF2O/c1-8(6-11(13,14)7-15)9-2-4-10(12)5-3-9/h2-7H,1H3/b8-6+. The van der Waals surface area contributed by atoms with E-state index in [0.717, 1.165) is 0 Å². The van der Waals surface area contributed by atoms with E-state index in [-0.39, 0.29) is 6.29 Å². The summed E-state index contributed by atoms with van der Waals surface area (Å²) in [4.78, 5) is 10.0. The van der Waals surface area contributed by atoms with Crippen LogP contribution in [0, 0.1) is 0 Å². The molecule has 1 aromatic rings. The first-order valence-corrected chi connectivity index (χ1v) is 4.62. The first kappa shape index (κ1) is 11.9. The highest BCUT2D eigenvalue weighted by atomic mass is 35.5. The second-order valence-electron chi connectivity index (χ2n) is 3.13. The van der Waals surface area contributed by atoms with Gasteiger partial charge in [0, 0.05) is 5.02 Å². The van der Waals surface area contributed by atoms with Gasteiger partial charge in [-0.2, -0.15) is 8.78 Å². The molecule has 0 aliphatic carbocycles. The van der Waals surface area contributed by atoms with Gasteiger partial charge in [0.25, 0.3) is 0 Å². The highest BCUT2D eigenvalue weighted by Crippen LogP contribution is 2.22. The van der Waals surface area contributed by atoms with Crippen molar-refractivity contribution in [1.82, 2.24) is 0 Å². The van der Waals surface area contributed by atoms with Gasteiger partial charge in [-0.15, -0.1) is 0 Å². The van der Waals surface area contributed by atoms with Crippen molar-refractivity contribution in [1.29, 1.82) is 0 Å². The van der Waals surface area contributed by atoms with E-state index in [1.54, 1.807) is 24.3 Å². The van der Waals surface area contributed by atoms with E-state index in [2.05, 4.69) is 0 Å². The Morgan fingerprint density at radius 3 is 2.33 bits per heavy atom. The van der Waals surface area contributed by atoms with E-state index in [0.29, 0.717) is 22.2 Å². The molecule has 1 rings (SSSR count). The van der Waals surface area contributed by atoms with Gasteiger partial charge in [0.05, 0.1) is 0 Å². The molecule has 0 aliphatic rings. The number of hydrogen-bond acceptors (Lipinski definition) is 1. The number of halogens is 3. The van der Waals surface area contributed by atoms with Gasteiger partial charge in [0.1, 0.15) is 0 Å². The van der Waals surface area contributed by atoms with E-state index >= 15 is 0 Å². The molecule has 0 aliphatic heterocycles. The second-order valence-corrected chi connectivity index (χ2v) is 3.56. The summed E-state index contributed by atoms with van der Waals surface area (Å²) in [6, 6.07) is 6.45. The third kappa shape index (κ3) is 3.44. The molecular weight excluding hydrogens is 222 g/mol. The highest BCUT2D eigenvalue weighted by molar-refractivity contribution is 6.30. The van der Waals surface area contributed by atoms with E-state index in [9.17, 15) is 13.6 Å². The lowest BCUT2D eigenvalue weighted by atomic mass is 10.1. The van der Waals surface area contributed by atoms with E-state index < -0.39 is 5.92 Å². The van der Waals surface area contributed by atoms with Crippen LogP contribution >= 0.6 is 11.6 Å². The van der Waals surface area contributed by atoms with Crippen LogP contribution in [0.15, 0.2) is 30.3 Å². The van der Waals surface area contributed by atoms with Crippen molar-refractivity contribution >= 4 is 23.5 Å². The zero-order chi connectivity index (χ0) is 11.5. The Morgan fingerprint density at radius 1 is 1.33 bits per heavy atom. The first-order valence-electron chi connectivity index (χ1n) is 4.24. The third-order valence-electron chi connectivity index (χ3n) is 1.87. The molecule has 1 aromatic carbocycles. The molecule has 0 N–H and O–H groups in total. The number of carbonyl (C=O) groups is 1. The van der Waals surface area contributed by atoms with Gasteiger partial charge in [0.2, 0.25) is 0 Å². The lowest BCUT2D eigenvalue weighted by Gasteiger charge is -2.06. The molecule has 0 amide bonds. The Hall–Kier alpha value is -1.22. The van der Waals surface area contributed by atoms with Crippen LogP contribution in [0.1, 0.15) is 12.5 Å². The number of allylic oxidation sites excluding steroid dienone is 2. The molecule has 0 radical (unpaired) electrons. The average molecular weight is 231 g/mol. The monoisotopic (exact) mass is 230 g/mol. The summed E-state index contributed by atoms with van der Waals surface area (Å²) in [5.41, 5.74) is 0.949. The molecule has 0 saturated carbocycles. The fourth-order valence-corrected chi connectivity index (χ4v) is 1.24. The van der Waals surface area contributed by atoms with Gasteiger partial charge in [-0.05, 0) is 36.3 Å². The lowest BCUT2D eigenvalue weighted by Crippen LogP contribution is -2.13. The van der Waals surface area contributed by atoms with Crippen LogP contribution < -0.4 is 0 Å². The van der Waals surface area contributed by atoms with Crippen molar-refractivity contribution in [3.63, 3.8) is 0 Å². The van der Waals surface area contributed by atoms with Crippen molar-refractivity contribution < 1.29 is 13.6 Å². The molecule has 1 nitrogen and oxygen atoms in total. The van der Waals surface area contributed by atoms with Crippen LogP contribution in [0.3, 0.4) is 0 Å². The normalized spacial score (nSPS) is 12.7. The molecule has 0 unspecified atom stereocenters. The number of alkyl halides is 2. The minimum absolute atomic E-state index is 0.337. The fourth-order valence-electron chi connectivity index (χ4n) is 1.12. The average Bonchev–Trinajstić information content (AvgIpc) is 2.18. The van der Waals surface area contributed by atoms with E-state index in [1.165, 1.54) is 6.92 Å². The van der Waals surface area contributed by atoms with Crippen LogP contribution in [-0.4, -0.2) is 12.2 Å². The first-order chi connectivity index (χ1) is 6.94. The van der Waals surface area contributed by atoms with Crippen molar-refractivity contribution in [3.05, 3.63) is 40.9 Å². The Bertz CT molecular complexity index is 382. The molecule has 0 aromatic heterocycles. The maximum atomic E-state index is 12.7. The van der Waals surface area contributed by atoms with E-state index in [4.69, 9.17) is 11.6 Å². The summed E-state index contributed by atoms with van der Waals surface area (Å²) < 4.78 is 25.4. The van der Waals surface area contributed by atoms with Gasteiger partial charge >= 0.3 is 5.92 Å². The van der Waals surface area contributed by atoms with Crippen LogP contribution in [0.5, 0.6) is 0 Å². The maximum Gasteiger partial charge on any atom is 0.321 e. The Labute approximate surface area is 91.4 Å². The lowest BCUT2D eigenvalue weighted by molar-refractivity contribution is -0.123. The molecule has 0 fully saturated rings. The number of hydrogen-bond donors (Lipinski definition) is 0. The molecule has 0 atom stereocenters. The van der Waals surface area contributed by atoms with Gasteiger partial charge < -0.3 is 0 Å². The SMILES string of the molecule is C/C(=C\C(F)(F)C=O)c1ccc(Cl)cc1. The summed E-state index contributed by atoms with van der Waals surface area (Å²) in [5, 5.41) is 0.536. The minimum atomic E-state index is -3.41. The molecular formula is C11H9ClF2O. The predicted octanol–water partition coefficient (Wildman–Crippen LogP) is 3.58. The predicted molar refractivity (Wildman–Crippen MR) is 56.1 cm³/mol. The van der Waals surface area contributed by atoms with Crippen LogP contribution in [0.25, 0.3) is 5.57 Å². The van der Waals surface area contributed by atoms with Crippen LogP contribution in [-0.2, 0) is 4.79 Å². The fraction of sp³-hybridized carbons (Fsp3) is 0.182. The number of rotatable bonds is 3. The molecule has 0 heterocycles. The number of carbonyl (C=O) groups excluding carboxylic acids is 1. The Kier molecular flexibility index (Phi) is 3.58. The maximum absolute atomic E-state index is 12.7. The van der Waals surface area contributed by atoms with Gasteiger partial charge in [-0.3, -0.25) is 4.79 Å². The van der Waals surface area contributed by atoms with Crippen molar-refractivity contribution in [2.45, 2.75) is 12.8 Å². The second kappa shape index (κ2) is 4.53. The Morgan fingerprint density at radius 2 is 1.87 bits per heavy atom. The highest BCUT2D eigenvalue weighted by Gasteiger charge is 2.24. The van der Waals surface area contributed by atoms with Crippen LogP contribution in [0.4, 0.5) is 8.78 Å². The molecule has 15 heavy (non-hydrogen) atoms. The van der Waals surface area contributed by atoms with Gasteiger partial charge in [-0.1, -0.05) is 23.7 Å². The quantitative estimate of drug-likeness (QED) is 0.726. The smallest absolute Gasteiger partial charge is 0.296 e. The number of aldehydes is 1. The summed E-state index contributed by atoms with van der Waals surface area (Å²) in [5.74, 6) is -3.41. The molecule has 4 heteroatoms. The summed E-state index contributed by atoms with van der Waals surface area (Å²) in [7, 11) is 0. The summed E-state index contributed by atoms with van der Waals surface area (Å²) in [6.07, 6.45) is 0.246. The molecule has 0 bridgehead atoms. The topological polar surface area (TPSA) is 17.1 Å². The van der Waals surface area contributed by atoms with Gasteiger partial charge in [0.15, 0.2) is 6.29 Å². The summed E-state index contributed by atoms with van der Waals surface area (Å²) >= 11 is 5.65. The minimum Gasteiger partial charge on any atom is -0.296 e. The zero-order valence-electron chi connectivity index (χ0n) is 8.01. The molecule has 0 saturated heterocycles. The third-order valence-corrected chi connectivity index (χ3v) is 2.12. The molecule has 80 valence electrons.